The van der Waals surface area contributed by atoms with E-state index in [1.807, 2.05) is 0 Å². The molecule has 1 aromatic rings. The number of imidazole rings is 1. The van der Waals surface area contributed by atoms with Crippen molar-refractivity contribution >= 4 is 5.82 Å². The molecule has 2 rings (SSSR count). The fourth-order valence-corrected chi connectivity index (χ4v) is 2.95. The Morgan fingerprint density at radius 2 is 2.30 bits per heavy atom. The molecule has 2 heterocycles. The van der Waals surface area contributed by atoms with Crippen LogP contribution in [0.15, 0.2) is 6.20 Å². The number of rotatable bonds is 5. The van der Waals surface area contributed by atoms with Crippen molar-refractivity contribution in [2.45, 2.75) is 39.3 Å². The van der Waals surface area contributed by atoms with E-state index in [2.05, 4.69) is 16.8 Å². The van der Waals surface area contributed by atoms with Crippen molar-refractivity contribution in [1.82, 2.24) is 14.5 Å². The van der Waals surface area contributed by atoms with Crippen LogP contribution in [-0.2, 0) is 6.54 Å². The van der Waals surface area contributed by atoms with Gasteiger partial charge in [-0.1, -0.05) is 6.92 Å². The van der Waals surface area contributed by atoms with E-state index in [1.54, 1.807) is 11.5 Å². The molecule has 7 heteroatoms. The second kappa shape index (κ2) is 6.32. The largest absolute Gasteiger partial charge is 0.358 e. The van der Waals surface area contributed by atoms with E-state index in [1.165, 1.54) is 12.6 Å². The molecular weight excluding hydrogens is 258 g/mol. The molecule has 0 bridgehead atoms. The maximum atomic E-state index is 11.0. The van der Waals surface area contributed by atoms with Crippen molar-refractivity contribution in [3.63, 3.8) is 0 Å². The highest BCUT2D eigenvalue weighted by atomic mass is 16.6. The first-order valence-electron chi connectivity index (χ1n) is 7.13. The first-order valence-corrected chi connectivity index (χ1v) is 7.13. The molecule has 0 saturated carbocycles. The molecule has 0 radical (unpaired) electrons. The first-order chi connectivity index (χ1) is 9.52. The molecular formula is C13H23N5O2. The van der Waals surface area contributed by atoms with Gasteiger partial charge in [-0.15, -0.1) is 0 Å². The Balaban J connectivity index is 2.01. The van der Waals surface area contributed by atoms with Gasteiger partial charge in [-0.25, -0.2) is 9.55 Å². The average molecular weight is 281 g/mol. The van der Waals surface area contributed by atoms with Crippen LogP contribution in [0.2, 0.25) is 0 Å². The predicted molar refractivity (Wildman–Crippen MR) is 76.4 cm³/mol. The minimum Gasteiger partial charge on any atom is -0.358 e. The maximum absolute atomic E-state index is 11.0. The Morgan fingerprint density at radius 3 is 2.95 bits per heavy atom. The summed E-state index contributed by atoms with van der Waals surface area (Å²) >= 11 is 0. The van der Waals surface area contributed by atoms with E-state index in [0.29, 0.717) is 30.9 Å². The van der Waals surface area contributed by atoms with Gasteiger partial charge in [-0.05, 0) is 30.2 Å². The van der Waals surface area contributed by atoms with Crippen LogP contribution in [0.4, 0.5) is 5.82 Å². The van der Waals surface area contributed by atoms with Crippen molar-refractivity contribution in [3.05, 3.63) is 22.1 Å². The Morgan fingerprint density at radius 1 is 1.55 bits per heavy atom. The molecule has 0 amide bonds. The van der Waals surface area contributed by atoms with Crippen molar-refractivity contribution < 1.29 is 4.92 Å². The molecule has 112 valence electrons. The fourth-order valence-electron chi connectivity index (χ4n) is 2.95. The molecule has 7 nitrogen and oxygen atoms in total. The number of nitrogens with zero attached hydrogens (tertiary/aromatic N) is 4. The van der Waals surface area contributed by atoms with Crippen LogP contribution in [0.5, 0.6) is 0 Å². The van der Waals surface area contributed by atoms with E-state index >= 15 is 0 Å². The molecule has 0 spiro atoms. The van der Waals surface area contributed by atoms with Gasteiger partial charge in [-0.2, -0.15) is 0 Å². The number of likely N-dealkylation sites (tertiary alicyclic amines) is 1. The van der Waals surface area contributed by atoms with E-state index in [0.717, 1.165) is 19.5 Å². The van der Waals surface area contributed by atoms with Crippen LogP contribution in [0.3, 0.4) is 0 Å². The Kier molecular flexibility index (Phi) is 4.72. The fraction of sp³-hybridized carbons (Fsp3) is 0.769. The third kappa shape index (κ3) is 3.16. The summed E-state index contributed by atoms with van der Waals surface area (Å²) in [7, 11) is 0. The third-order valence-corrected chi connectivity index (χ3v) is 4.20. The topological polar surface area (TPSA) is 90.2 Å². The summed E-state index contributed by atoms with van der Waals surface area (Å²) in [6, 6.07) is 0.390. The van der Waals surface area contributed by atoms with Crippen LogP contribution in [-0.4, -0.2) is 45.1 Å². The summed E-state index contributed by atoms with van der Waals surface area (Å²) in [6.07, 6.45) is 3.61. The Labute approximate surface area is 118 Å². The third-order valence-electron chi connectivity index (χ3n) is 4.20. The van der Waals surface area contributed by atoms with Gasteiger partial charge in [0, 0.05) is 26.1 Å². The summed E-state index contributed by atoms with van der Waals surface area (Å²) in [5.74, 6) is 1.47. The van der Waals surface area contributed by atoms with Crippen molar-refractivity contribution in [2.75, 3.05) is 19.6 Å². The van der Waals surface area contributed by atoms with Gasteiger partial charge in [0.2, 0.25) is 0 Å². The zero-order chi connectivity index (χ0) is 14.7. The Hall–Kier alpha value is -1.47. The summed E-state index contributed by atoms with van der Waals surface area (Å²) < 4.78 is 1.67. The minimum atomic E-state index is -0.376. The van der Waals surface area contributed by atoms with Crippen molar-refractivity contribution in [3.8, 4) is 0 Å². The Bertz CT molecular complexity index is 473. The molecule has 2 N–H and O–H groups in total. The molecule has 1 saturated heterocycles. The molecule has 1 fully saturated rings. The average Bonchev–Trinajstić information content (AvgIpc) is 2.78. The van der Waals surface area contributed by atoms with Gasteiger partial charge in [0.25, 0.3) is 0 Å². The highest BCUT2D eigenvalue weighted by Gasteiger charge is 2.26. The van der Waals surface area contributed by atoms with Gasteiger partial charge in [0.05, 0.1) is 0 Å². The van der Waals surface area contributed by atoms with E-state index in [4.69, 9.17) is 5.73 Å². The van der Waals surface area contributed by atoms with Crippen LogP contribution in [0, 0.1) is 23.0 Å². The number of aromatic nitrogens is 2. The summed E-state index contributed by atoms with van der Waals surface area (Å²) in [4.78, 5) is 17.0. The smallest absolute Gasteiger partial charge is 0.342 e. The zero-order valence-electron chi connectivity index (χ0n) is 12.2. The number of piperidine rings is 1. The second-order valence-electron chi connectivity index (χ2n) is 5.63. The van der Waals surface area contributed by atoms with Crippen LogP contribution in [0.25, 0.3) is 0 Å². The van der Waals surface area contributed by atoms with Crippen molar-refractivity contribution in [2.24, 2.45) is 11.7 Å². The second-order valence-corrected chi connectivity index (χ2v) is 5.63. The monoisotopic (exact) mass is 281 g/mol. The first kappa shape index (κ1) is 14.9. The lowest BCUT2D eigenvalue weighted by Crippen LogP contribution is -2.47. The highest BCUT2D eigenvalue weighted by Crippen LogP contribution is 2.22. The number of nitro groups is 1. The van der Waals surface area contributed by atoms with E-state index in [9.17, 15) is 10.1 Å². The minimum absolute atomic E-state index is 0.0668. The number of nitrogens with two attached hydrogens (primary N) is 1. The van der Waals surface area contributed by atoms with E-state index in [-0.39, 0.29) is 10.7 Å². The van der Waals surface area contributed by atoms with Crippen LogP contribution >= 0.6 is 0 Å². The van der Waals surface area contributed by atoms with Gasteiger partial charge in [0.15, 0.2) is 5.82 Å². The molecule has 1 aliphatic rings. The molecule has 0 aromatic carbocycles. The van der Waals surface area contributed by atoms with Crippen LogP contribution < -0.4 is 5.73 Å². The molecule has 0 aliphatic carbocycles. The lowest BCUT2D eigenvalue weighted by molar-refractivity contribution is -0.392. The maximum Gasteiger partial charge on any atom is 0.342 e. The quantitative estimate of drug-likeness (QED) is 0.646. The van der Waals surface area contributed by atoms with Crippen molar-refractivity contribution in [1.29, 1.82) is 0 Å². The lowest BCUT2D eigenvalue weighted by Gasteiger charge is -2.37. The zero-order valence-corrected chi connectivity index (χ0v) is 12.2. The van der Waals surface area contributed by atoms with E-state index < -0.39 is 0 Å². The predicted octanol–water partition coefficient (Wildman–Crippen LogP) is 1.16. The number of hydrogen-bond acceptors (Lipinski definition) is 5. The number of hydrogen-bond donors (Lipinski definition) is 1. The molecule has 1 aromatic heterocycles. The summed E-state index contributed by atoms with van der Waals surface area (Å²) in [5, 5.41) is 11.0. The molecule has 1 aliphatic heterocycles. The van der Waals surface area contributed by atoms with Gasteiger partial charge < -0.3 is 15.8 Å². The normalized spacial score (nSPS) is 23.9. The summed E-state index contributed by atoms with van der Waals surface area (Å²) in [5.41, 5.74) is 5.84. The van der Waals surface area contributed by atoms with Gasteiger partial charge in [-0.3, -0.25) is 4.90 Å². The van der Waals surface area contributed by atoms with Gasteiger partial charge in [0.1, 0.15) is 12.7 Å². The number of aryl methyl sites for hydroxylation is 1. The highest BCUT2D eigenvalue weighted by molar-refractivity contribution is 5.18. The van der Waals surface area contributed by atoms with Gasteiger partial charge >= 0.3 is 5.82 Å². The van der Waals surface area contributed by atoms with Crippen LogP contribution in [0.1, 0.15) is 25.6 Å². The molecule has 2 unspecified atom stereocenters. The lowest BCUT2D eigenvalue weighted by atomic mass is 9.92. The standard InChI is InChI=1S/C13H23N5O2/c1-10-3-4-16(12(7-10)8-14)5-6-17-11(2)15-9-13(17)18(19)20/h9-10,12H,3-8,14H2,1-2H3. The molecule has 20 heavy (non-hydrogen) atoms. The summed E-state index contributed by atoms with van der Waals surface area (Å²) in [6.45, 7) is 7.09. The SMILES string of the molecule is Cc1ncc([N+](=O)[O-])n1CCN1CCC(C)CC1CN. The molecule has 2 atom stereocenters.